The fourth-order valence-corrected chi connectivity index (χ4v) is 5.07. The lowest BCUT2D eigenvalue weighted by Gasteiger charge is -2.30. The van der Waals surface area contributed by atoms with Gasteiger partial charge in [0, 0.05) is 22.3 Å². The normalized spacial score (nSPS) is 16.6. The van der Waals surface area contributed by atoms with Gasteiger partial charge in [-0.05, 0) is 80.4 Å². The number of phenols is 3. The first-order valence-corrected chi connectivity index (χ1v) is 13.8. The van der Waals surface area contributed by atoms with Crippen molar-refractivity contribution in [3.8, 4) is 17.2 Å². The molecule has 1 aliphatic rings. The van der Waals surface area contributed by atoms with Gasteiger partial charge in [0.25, 0.3) is 0 Å². The second-order valence-electron chi connectivity index (χ2n) is 15.1. The molecule has 40 heavy (non-hydrogen) atoms. The predicted octanol–water partition coefficient (Wildman–Crippen LogP) is 8.49. The summed E-state index contributed by atoms with van der Waals surface area (Å²) >= 11 is 0. The number of aliphatic hydroxyl groups is 1. The molecule has 0 spiro atoms. The topological polar surface area (TPSA) is 98.0 Å². The summed E-state index contributed by atoms with van der Waals surface area (Å²) in [4.78, 5) is 13.0. The molecule has 0 radical (unpaired) electrons. The molecule has 216 valence electrons. The summed E-state index contributed by atoms with van der Waals surface area (Å²) in [6.45, 7) is 23.9. The van der Waals surface area contributed by atoms with Crippen molar-refractivity contribution >= 4 is 11.4 Å². The Kier molecular flexibility index (Phi) is 7.66. The number of Topliss-reactive ketones (excluding diaryl/α,β-unsaturated/α-hetero) is 1. The Balaban J connectivity index is 2.63. The van der Waals surface area contributed by atoms with Crippen molar-refractivity contribution < 1.29 is 25.2 Å². The van der Waals surface area contributed by atoms with Crippen LogP contribution < -0.4 is 0 Å². The van der Waals surface area contributed by atoms with E-state index in [0.717, 1.165) is 16.7 Å². The van der Waals surface area contributed by atoms with E-state index in [1.807, 2.05) is 101 Å². The second kappa shape index (κ2) is 9.87. The fourth-order valence-electron chi connectivity index (χ4n) is 5.07. The molecule has 0 heterocycles. The fraction of sp³-hybridized carbons (Fsp3) is 0.457. The van der Waals surface area contributed by atoms with E-state index < -0.39 is 27.4 Å². The van der Waals surface area contributed by atoms with E-state index in [-0.39, 0.29) is 23.0 Å². The average Bonchev–Trinajstić information content (AvgIpc) is 2.76. The summed E-state index contributed by atoms with van der Waals surface area (Å²) in [5.74, 6) is -0.979. The van der Waals surface area contributed by atoms with Gasteiger partial charge in [-0.15, -0.1) is 0 Å². The number of aromatic hydroxyl groups is 3. The SMILES string of the molecule is CC(C)(C)C1=C/C(=C(/c2cc(O)c(O)c(C(C)(C)C)c2)c2cc(C(C)(C)C)c(O)c(C(C)(C)C)c2)C=C(O)C1=O. The summed E-state index contributed by atoms with van der Waals surface area (Å²) in [6.07, 6.45) is 3.27. The lowest BCUT2D eigenvalue weighted by atomic mass is 9.75. The molecule has 5 nitrogen and oxygen atoms in total. The van der Waals surface area contributed by atoms with E-state index in [9.17, 15) is 25.2 Å². The van der Waals surface area contributed by atoms with Crippen molar-refractivity contribution in [3.63, 3.8) is 0 Å². The highest BCUT2D eigenvalue weighted by molar-refractivity contribution is 6.10. The maximum atomic E-state index is 13.0. The monoisotopic (exact) mass is 546 g/mol. The van der Waals surface area contributed by atoms with Crippen LogP contribution in [0, 0.1) is 5.41 Å². The molecule has 0 bridgehead atoms. The highest BCUT2D eigenvalue weighted by atomic mass is 16.3. The van der Waals surface area contributed by atoms with Crippen LogP contribution in [0.15, 0.2) is 53.3 Å². The smallest absolute Gasteiger partial charge is 0.223 e. The van der Waals surface area contributed by atoms with E-state index in [1.54, 1.807) is 6.08 Å². The van der Waals surface area contributed by atoms with Crippen molar-refractivity contribution in [2.75, 3.05) is 0 Å². The van der Waals surface area contributed by atoms with E-state index in [4.69, 9.17) is 0 Å². The number of allylic oxidation sites excluding steroid dienone is 4. The van der Waals surface area contributed by atoms with Gasteiger partial charge in [-0.1, -0.05) is 83.1 Å². The first kappa shape index (κ1) is 31.1. The van der Waals surface area contributed by atoms with Gasteiger partial charge < -0.3 is 20.4 Å². The van der Waals surface area contributed by atoms with Crippen LogP contribution in [0.5, 0.6) is 17.2 Å². The van der Waals surface area contributed by atoms with Gasteiger partial charge in [-0.2, -0.15) is 0 Å². The molecule has 0 saturated heterocycles. The molecule has 4 N–H and O–H groups in total. The van der Waals surface area contributed by atoms with Gasteiger partial charge in [0.15, 0.2) is 17.3 Å². The van der Waals surface area contributed by atoms with Crippen molar-refractivity contribution in [2.24, 2.45) is 5.41 Å². The number of ketones is 1. The zero-order chi connectivity index (χ0) is 30.7. The van der Waals surface area contributed by atoms with Crippen LogP contribution in [-0.4, -0.2) is 26.2 Å². The van der Waals surface area contributed by atoms with Crippen LogP contribution in [0.1, 0.15) is 111 Å². The highest BCUT2D eigenvalue weighted by Crippen LogP contribution is 2.46. The number of rotatable bonds is 2. The van der Waals surface area contributed by atoms with Crippen molar-refractivity contribution in [3.05, 3.63) is 81.1 Å². The largest absolute Gasteiger partial charge is 0.507 e. The van der Waals surface area contributed by atoms with Crippen molar-refractivity contribution in [1.29, 1.82) is 0 Å². The molecule has 5 heteroatoms. The van der Waals surface area contributed by atoms with Crippen molar-refractivity contribution in [2.45, 2.75) is 99.3 Å². The van der Waals surface area contributed by atoms with Gasteiger partial charge in [-0.25, -0.2) is 0 Å². The van der Waals surface area contributed by atoms with Crippen LogP contribution in [0.25, 0.3) is 5.57 Å². The third-order valence-electron chi connectivity index (χ3n) is 7.37. The predicted molar refractivity (Wildman–Crippen MR) is 163 cm³/mol. The zero-order valence-electron chi connectivity index (χ0n) is 26.2. The average molecular weight is 547 g/mol. The summed E-state index contributed by atoms with van der Waals surface area (Å²) in [5.41, 5.74) is 3.37. The van der Waals surface area contributed by atoms with Crippen LogP contribution in [-0.2, 0) is 21.0 Å². The Labute approximate surface area is 239 Å². The Morgan fingerprint density at radius 2 is 0.950 bits per heavy atom. The minimum absolute atomic E-state index is 0.180. The number of hydrogen-bond donors (Lipinski definition) is 4. The lowest BCUT2D eigenvalue weighted by Crippen LogP contribution is -2.22. The standard InChI is InChI=1S/C35H46O5/c1-32(2,3)22-13-19(14-23(29(22)38)33(4,5)6)28(20-15-24(34(7,8)9)30(39)26(36)17-20)21-16-25(35(10,11)12)31(40)27(37)18-21/h13-18,36-39H,1-12H3/b28-21-. The molecule has 1 aliphatic carbocycles. The van der Waals surface area contributed by atoms with Crippen LogP contribution >= 0.6 is 0 Å². The molecule has 2 aromatic carbocycles. The first-order valence-electron chi connectivity index (χ1n) is 13.8. The van der Waals surface area contributed by atoms with E-state index in [0.29, 0.717) is 27.8 Å². The minimum atomic E-state index is -0.536. The van der Waals surface area contributed by atoms with Gasteiger partial charge in [0.05, 0.1) is 0 Å². The quantitative estimate of drug-likeness (QED) is 0.283. The molecule has 0 aromatic heterocycles. The first-order chi connectivity index (χ1) is 17.9. The lowest BCUT2D eigenvalue weighted by molar-refractivity contribution is -0.115. The zero-order valence-corrected chi connectivity index (χ0v) is 26.2. The maximum absolute atomic E-state index is 13.0. The number of aliphatic hydroxyl groups excluding tert-OH is 1. The Hall–Kier alpha value is -3.47. The van der Waals surface area contributed by atoms with Gasteiger partial charge in [-0.3, -0.25) is 4.79 Å². The summed E-state index contributed by atoms with van der Waals surface area (Å²) in [5, 5.41) is 43.9. The molecule has 0 atom stereocenters. The number of carbonyl (C=O) groups excluding carboxylic acids is 1. The van der Waals surface area contributed by atoms with Crippen LogP contribution in [0.4, 0.5) is 0 Å². The van der Waals surface area contributed by atoms with E-state index in [1.165, 1.54) is 12.1 Å². The van der Waals surface area contributed by atoms with Crippen LogP contribution in [0.3, 0.4) is 0 Å². The number of hydrogen-bond acceptors (Lipinski definition) is 5. The molecule has 0 amide bonds. The Morgan fingerprint density at radius 1 is 0.550 bits per heavy atom. The molecule has 2 aromatic rings. The molecule has 0 unspecified atom stereocenters. The Bertz CT molecular complexity index is 1420. The summed E-state index contributed by atoms with van der Waals surface area (Å²) in [6, 6.07) is 7.25. The highest BCUT2D eigenvalue weighted by Gasteiger charge is 2.32. The third kappa shape index (κ3) is 5.99. The van der Waals surface area contributed by atoms with E-state index >= 15 is 0 Å². The second-order valence-corrected chi connectivity index (χ2v) is 15.1. The minimum Gasteiger partial charge on any atom is -0.507 e. The number of benzene rings is 2. The molecule has 3 rings (SSSR count). The molecule has 0 fully saturated rings. The Morgan fingerprint density at radius 3 is 1.35 bits per heavy atom. The van der Waals surface area contributed by atoms with Gasteiger partial charge >= 0.3 is 0 Å². The molecular weight excluding hydrogens is 500 g/mol. The summed E-state index contributed by atoms with van der Waals surface area (Å²) in [7, 11) is 0. The van der Waals surface area contributed by atoms with E-state index in [2.05, 4.69) is 0 Å². The maximum Gasteiger partial charge on any atom is 0.223 e. The molecular formula is C35H46O5. The number of phenolic OH excluding ortho intramolecular Hbond substituents is 3. The molecule has 0 saturated carbocycles. The summed E-state index contributed by atoms with van der Waals surface area (Å²) < 4.78 is 0. The van der Waals surface area contributed by atoms with Gasteiger partial charge in [0.2, 0.25) is 5.78 Å². The molecule has 0 aliphatic heterocycles. The number of carbonyl (C=O) groups is 1. The van der Waals surface area contributed by atoms with Crippen LogP contribution in [0.2, 0.25) is 0 Å². The van der Waals surface area contributed by atoms with Crippen molar-refractivity contribution in [1.82, 2.24) is 0 Å². The third-order valence-corrected chi connectivity index (χ3v) is 7.37. The van der Waals surface area contributed by atoms with Gasteiger partial charge in [0.1, 0.15) is 5.75 Å².